The van der Waals surface area contributed by atoms with Gasteiger partial charge in [-0.2, -0.15) is 0 Å². The molecule has 0 atom stereocenters. The van der Waals surface area contributed by atoms with Gasteiger partial charge in [0.2, 0.25) is 5.28 Å². The standard InChI is InChI=1S/C7H9ClN2/c1-2-3-5-10-6-4-9-7(10)8/h2,4,6H,1,3,5H2. The summed E-state index contributed by atoms with van der Waals surface area (Å²) in [5, 5.41) is 0.543. The molecule has 2 nitrogen and oxygen atoms in total. The van der Waals surface area contributed by atoms with E-state index in [0.29, 0.717) is 5.28 Å². The molecule has 10 heavy (non-hydrogen) atoms. The van der Waals surface area contributed by atoms with E-state index in [2.05, 4.69) is 11.6 Å². The van der Waals surface area contributed by atoms with Gasteiger partial charge in [0.05, 0.1) is 0 Å². The number of allylic oxidation sites excluding steroid dienone is 1. The Labute approximate surface area is 65.1 Å². The molecule has 0 saturated heterocycles. The van der Waals surface area contributed by atoms with Crippen LogP contribution in [0.3, 0.4) is 0 Å². The first kappa shape index (κ1) is 7.35. The van der Waals surface area contributed by atoms with Crippen molar-refractivity contribution in [1.29, 1.82) is 0 Å². The molecular formula is C7H9ClN2. The zero-order chi connectivity index (χ0) is 7.40. The third-order valence-corrected chi connectivity index (χ3v) is 1.55. The second-order valence-electron chi connectivity index (χ2n) is 1.97. The van der Waals surface area contributed by atoms with Gasteiger partial charge in [0.15, 0.2) is 0 Å². The lowest BCUT2D eigenvalue weighted by molar-refractivity contribution is 0.711. The van der Waals surface area contributed by atoms with Gasteiger partial charge in [-0.25, -0.2) is 4.98 Å². The van der Waals surface area contributed by atoms with Crippen molar-refractivity contribution in [2.24, 2.45) is 0 Å². The number of aryl methyl sites for hydroxylation is 1. The van der Waals surface area contributed by atoms with E-state index in [1.54, 1.807) is 6.20 Å². The molecule has 0 spiro atoms. The van der Waals surface area contributed by atoms with Gasteiger partial charge in [-0.3, -0.25) is 0 Å². The molecule has 0 unspecified atom stereocenters. The first-order valence-corrected chi connectivity index (χ1v) is 3.50. The zero-order valence-electron chi connectivity index (χ0n) is 5.63. The van der Waals surface area contributed by atoms with Crippen LogP contribution < -0.4 is 0 Å². The lowest BCUT2D eigenvalue weighted by Crippen LogP contribution is -1.94. The van der Waals surface area contributed by atoms with Gasteiger partial charge in [-0.15, -0.1) is 6.58 Å². The molecule has 0 bridgehead atoms. The Morgan fingerprint density at radius 1 is 1.80 bits per heavy atom. The van der Waals surface area contributed by atoms with Crippen LogP contribution in [0.15, 0.2) is 25.0 Å². The van der Waals surface area contributed by atoms with Crippen LogP contribution in [0.2, 0.25) is 5.28 Å². The van der Waals surface area contributed by atoms with Crippen molar-refractivity contribution in [2.75, 3.05) is 0 Å². The molecule has 1 aromatic rings. The van der Waals surface area contributed by atoms with E-state index in [-0.39, 0.29) is 0 Å². The lowest BCUT2D eigenvalue weighted by atomic mass is 10.4. The average Bonchev–Trinajstić information content (AvgIpc) is 2.31. The topological polar surface area (TPSA) is 17.8 Å². The molecule has 0 aliphatic heterocycles. The molecule has 1 heterocycles. The van der Waals surface area contributed by atoms with Gasteiger partial charge < -0.3 is 4.57 Å². The van der Waals surface area contributed by atoms with Gasteiger partial charge in [0.25, 0.3) is 0 Å². The fraction of sp³-hybridized carbons (Fsp3) is 0.286. The number of halogens is 1. The minimum Gasteiger partial charge on any atom is -0.321 e. The molecule has 0 amide bonds. The van der Waals surface area contributed by atoms with E-state index >= 15 is 0 Å². The molecule has 0 aliphatic rings. The van der Waals surface area contributed by atoms with Crippen LogP contribution in [0.1, 0.15) is 6.42 Å². The number of aromatic nitrogens is 2. The highest BCUT2D eigenvalue weighted by atomic mass is 35.5. The molecule has 0 radical (unpaired) electrons. The first-order valence-electron chi connectivity index (χ1n) is 3.12. The second kappa shape index (κ2) is 3.42. The summed E-state index contributed by atoms with van der Waals surface area (Å²) in [4.78, 5) is 3.86. The molecule has 3 heteroatoms. The molecule has 1 rings (SSSR count). The number of rotatable bonds is 3. The summed E-state index contributed by atoms with van der Waals surface area (Å²) in [7, 11) is 0. The molecular weight excluding hydrogens is 148 g/mol. The maximum absolute atomic E-state index is 5.69. The van der Waals surface area contributed by atoms with Crippen molar-refractivity contribution in [3.8, 4) is 0 Å². The van der Waals surface area contributed by atoms with Gasteiger partial charge in [0.1, 0.15) is 0 Å². The van der Waals surface area contributed by atoms with Crippen LogP contribution in [0.4, 0.5) is 0 Å². The Kier molecular flexibility index (Phi) is 2.51. The lowest BCUT2D eigenvalue weighted by Gasteiger charge is -1.98. The van der Waals surface area contributed by atoms with Crippen molar-refractivity contribution in [1.82, 2.24) is 9.55 Å². The maximum atomic E-state index is 5.69. The molecule has 0 N–H and O–H groups in total. The predicted molar refractivity (Wildman–Crippen MR) is 42.1 cm³/mol. The van der Waals surface area contributed by atoms with E-state index in [4.69, 9.17) is 11.6 Å². The van der Waals surface area contributed by atoms with Crippen molar-refractivity contribution in [2.45, 2.75) is 13.0 Å². The first-order chi connectivity index (χ1) is 4.84. The molecule has 0 fully saturated rings. The third-order valence-electron chi connectivity index (χ3n) is 1.24. The Hall–Kier alpha value is -0.760. The van der Waals surface area contributed by atoms with Crippen LogP contribution in [0, 0.1) is 0 Å². The van der Waals surface area contributed by atoms with E-state index in [1.165, 1.54) is 0 Å². The highest BCUT2D eigenvalue weighted by molar-refractivity contribution is 6.28. The highest BCUT2D eigenvalue weighted by Gasteiger charge is 1.94. The molecule has 1 aromatic heterocycles. The Morgan fingerprint density at radius 3 is 3.10 bits per heavy atom. The smallest absolute Gasteiger partial charge is 0.202 e. The SMILES string of the molecule is C=CCCn1ccnc1Cl. The predicted octanol–water partition coefficient (Wildman–Crippen LogP) is 2.11. The minimum atomic E-state index is 0.543. The summed E-state index contributed by atoms with van der Waals surface area (Å²) >= 11 is 5.69. The van der Waals surface area contributed by atoms with Crippen molar-refractivity contribution in [3.63, 3.8) is 0 Å². The van der Waals surface area contributed by atoms with Crippen molar-refractivity contribution in [3.05, 3.63) is 30.3 Å². The summed E-state index contributed by atoms with van der Waals surface area (Å²) in [5.41, 5.74) is 0. The molecule has 0 aliphatic carbocycles. The quantitative estimate of drug-likeness (QED) is 0.613. The zero-order valence-corrected chi connectivity index (χ0v) is 6.38. The maximum Gasteiger partial charge on any atom is 0.202 e. The monoisotopic (exact) mass is 156 g/mol. The molecule has 0 saturated carbocycles. The van der Waals surface area contributed by atoms with Crippen LogP contribution in [-0.4, -0.2) is 9.55 Å². The number of nitrogens with zero attached hydrogens (tertiary/aromatic N) is 2. The second-order valence-corrected chi connectivity index (χ2v) is 2.31. The molecule has 54 valence electrons. The van der Waals surface area contributed by atoms with Gasteiger partial charge in [-0.05, 0) is 18.0 Å². The van der Waals surface area contributed by atoms with Crippen LogP contribution in [0.25, 0.3) is 0 Å². The fourth-order valence-corrected chi connectivity index (χ4v) is 0.905. The Morgan fingerprint density at radius 2 is 2.60 bits per heavy atom. The summed E-state index contributed by atoms with van der Waals surface area (Å²) in [6.45, 7) is 4.48. The van der Waals surface area contributed by atoms with E-state index in [1.807, 2.05) is 16.8 Å². The summed E-state index contributed by atoms with van der Waals surface area (Å²) < 4.78 is 1.88. The van der Waals surface area contributed by atoms with E-state index in [9.17, 15) is 0 Å². The van der Waals surface area contributed by atoms with Gasteiger partial charge >= 0.3 is 0 Å². The van der Waals surface area contributed by atoms with Gasteiger partial charge in [0, 0.05) is 18.9 Å². The number of hydrogen-bond donors (Lipinski definition) is 0. The summed E-state index contributed by atoms with van der Waals surface area (Å²) in [5.74, 6) is 0. The van der Waals surface area contributed by atoms with Crippen molar-refractivity contribution < 1.29 is 0 Å². The largest absolute Gasteiger partial charge is 0.321 e. The highest BCUT2D eigenvalue weighted by Crippen LogP contribution is 2.04. The Bertz CT molecular complexity index is 217. The minimum absolute atomic E-state index is 0.543. The fourth-order valence-electron chi connectivity index (χ4n) is 0.708. The number of hydrogen-bond acceptors (Lipinski definition) is 1. The van der Waals surface area contributed by atoms with Crippen LogP contribution in [0.5, 0.6) is 0 Å². The van der Waals surface area contributed by atoms with Gasteiger partial charge in [-0.1, -0.05) is 6.08 Å². The Balaban J connectivity index is 2.56. The van der Waals surface area contributed by atoms with Crippen LogP contribution >= 0.6 is 11.6 Å². The number of imidazole rings is 1. The summed E-state index contributed by atoms with van der Waals surface area (Å²) in [6, 6.07) is 0. The van der Waals surface area contributed by atoms with Crippen molar-refractivity contribution >= 4 is 11.6 Å². The molecule has 0 aromatic carbocycles. The summed E-state index contributed by atoms with van der Waals surface area (Å²) in [6.07, 6.45) is 6.32. The average molecular weight is 157 g/mol. The third kappa shape index (κ3) is 1.61. The normalized spacial score (nSPS) is 9.70. The van der Waals surface area contributed by atoms with E-state index in [0.717, 1.165) is 13.0 Å². The van der Waals surface area contributed by atoms with E-state index < -0.39 is 0 Å². The van der Waals surface area contributed by atoms with Crippen LogP contribution in [-0.2, 0) is 6.54 Å².